The molecule has 5 heteroatoms. The molecular weight excluding hydrogens is 212 g/mol. The molecule has 0 fully saturated rings. The van der Waals surface area contributed by atoms with Crippen molar-refractivity contribution in [3.63, 3.8) is 0 Å². The Morgan fingerprint density at radius 1 is 1.13 bits per heavy atom. The van der Waals surface area contributed by atoms with Crippen LogP contribution in [0.4, 0.5) is 0 Å². The minimum Gasteiger partial charge on any atom is -0.464 e. The van der Waals surface area contributed by atoms with Gasteiger partial charge in [-0.05, 0) is 34.6 Å². The van der Waals surface area contributed by atoms with Gasteiger partial charge in [0.2, 0.25) is 0 Å². The van der Waals surface area contributed by atoms with Gasteiger partial charge in [-0.3, -0.25) is 4.79 Å². The number of esters is 1. The second-order valence-electron chi connectivity index (χ2n) is 4.19. The first kappa shape index (κ1) is 14.6. The van der Waals surface area contributed by atoms with Crippen LogP contribution >= 0.6 is 0 Å². The molecule has 15 heavy (non-hydrogen) atoms. The van der Waals surface area contributed by atoms with Crippen LogP contribution in [0.2, 0.25) is 0 Å². The van der Waals surface area contributed by atoms with Crippen LogP contribution in [0.3, 0.4) is 0 Å². The first-order valence-electron chi connectivity index (χ1n) is 5.32. The highest BCUT2D eigenvalue weighted by Gasteiger charge is 2.25. The lowest BCUT2D eigenvalue weighted by Crippen LogP contribution is -2.33. The highest BCUT2D eigenvalue weighted by molar-refractivity contribution is 6.44. The van der Waals surface area contributed by atoms with E-state index in [0.29, 0.717) is 13.2 Å². The van der Waals surface area contributed by atoms with Gasteiger partial charge in [0.05, 0.1) is 5.41 Å². The average Bonchev–Trinajstić information content (AvgIpc) is 2.12. The zero-order chi connectivity index (χ0) is 11.9. The fourth-order valence-corrected chi connectivity index (χ4v) is 2.20. The maximum absolute atomic E-state index is 11.5. The largest absolute Gasteiger partial charge is 0.464 e. The van der Waals surface area contributed by atoms with Gasteiger partial charge in [-0.25, -0.2) is 0 Å². The van der Waals surface area contributed by atoms with Gasteiger partial charge >= 0.3 is 15.3 Å². The Kier molecular flexibility index (Phi) is 6.79. The van der Waals surface area contributed by atoms with Crippen molar-refractivity contribution in [3.05, 3.63) is 0 Å². The first-order valence-corrected chi connectivity index (χ1v) is 7.08. The Morgan fingerprint density at radius 2 is 1.60 bits per heavy atom. The number of hydrogen-bond donors (Lipinski definition) is 0. The van der Waals surface area contributed by atoms with Crippen LogP contribution in [0.1, 0.15) is 34.6 Å². The molecule has 90 valence electrons. The Morgan fingerprint density at radius 3 is 1.93 bits per heavy atom. The number of carbonyl (C=O) groups is 1. The molecule has 0 bridgehead atoms. The number of hydrogen-bond acceptors (Lipinski definition) is 4. The van der Waals surface area contributed by atoms with Gasteiger partial charge in [-0.1, -0.05) is 0 Å². The molecule has 0 radical (unpaired) electrons. The summed E-state index contributed by atoms with van der Waals surface area (Å²) in [7, 11) is -1.80. The van der Waals surface area contributed by atoms with Gasteiger partial charge in [0, 0.05) is 13.2 Å². The lowest BCUT2D eigenvalue weighted by molar-refractivity contribution is -0.151. The van der Waals surface area contributed by atoms with Gasteiger partial charge in [-0.15, -0.1) is 0 Å². The smallest absolute Gasteiger partial charge is 0.360 e. The molecule has 0 rings (SSSR count). The van der Waals surface area contributed by atoms with Crippen molar-refractivity contribution in [1.29, 1.82) is 0 Å². The molecule has 0 spiro atoms. The number of carbonyl (C=O) groups excluding carboxylic acids is 1. The van der Waals surface area contributed by atoms with Crippen molar-refractivity contribution in [2.24, 2.45) is 5.41 Å². The van der Waals surface area contributed by atoms with Crippen molar-refractivity contribution < 1.29 is 18.4 Å². The van der Waals surface area contributed by atoms with E-state index >= 15 is 0 Å². The summed E-state index contributed by atoms with van der Waals surface area (Å²) in [5.74, 6) is -0.209. The Bertz CT molecular complexity index is 182. The highest BCUT2D eigenvalue weighted by atomic mass is 28.3. The summed E-state index contributed by atoms with van der Waals surface area (Å²) in [6.45, 7) is 10.5. The summed E-state index contributed by atoms with van der Waals surface area (Å²) in [5, 5.41) is 0. The van der Waals surface area contributed by atoms with Crippen molar-refractivity contribution >= 4 is 15.3 Å². The first-order chi connectivity index (χ1) is 6.91. The van der Waals surface area contributed by atoms with Crippen LogP contribution in [0.15, 0.2) is 0 Å². The Labute approximate surface area is 93.8 Å². The van der Waals surface area contributed by atoms with Crippen LogP contribution in [0, 0.1) is 5.41 Å². The molecule has 0 aromatic heterocycles. The summed E-state index contributed by atoms with van der Waals surface area (Å²) < 4.78 is 15.9. The van der Waals surface area contributed by atoms with Crippen molar-refractivity contribution in [2.75, 3.05) is 19.4 Å². The second kappa shape index (κ2) is 6.98. The molecule has 0 heterocycles. The lowest BCUT2D eigenvalue weighted by atomic mass is 9.98. The predicted octanol–water partition coefficient (Wildman–Crippen LogP) is 1.41. The fourth-order valence-electron chi connectivity index (χ4n) is 0.876. The van der Waals surface area contributed by atoms with Gasteiger partial charge < -0.3 is 13.6 Å². The van der Waals surface area contributed by atoms with E-state index in [1.165, 1.54) is 0 Å². The van der Waals surface area contributed by atoms with E-state index in [4.69, 9.17) is 13.6 Å². The van der Waals surface area contributed by atoms with Gasteiger partial charge in [-0.2, -0.15) is 0 Å². The van der Waals surface area contributed by atoms with Crippen LogP contribution in [0.5, 0.6) is 0 Å². The molecule has 0 amide bonds. The zero-order valence-corrected chi connectivity index (χ0v) is 11.5. The maximum Gasteiger partial charge on any atom is 0.360 e. The van der Waals surface area contributed by atoms with Crippen molar-refractivity contribution in [1.82, 2.24) is 0 Å². The summed E-state index contributed by atoms with van der Waals surface area (Å²) in [6.07, 6.45) is 0.289. The fraction of sp³-hybridized carbons (Fsp3) is 0.900. The topological polar surface area (TPSA) is 44.8 Å². The van der Waals surface area contributed by atoms with Gasteiger partial charge in [0.25, 0.3) is 0 Å². The summed E-state index contributed by atoms with van der Waals surface area (Å²) in [4.78, 5) is 11.5. The van der Waals surface area contributed by atoms with E-state index in [1.54, 1.807) is 0 Å². The van der Waals surface area contributed by atoms with E-state index in [9.17, 15) is 4.79 Å². The molecule has 0 unspecified atom stereocenters. The van der Waals surface area contributed by atoms with Crippen LogP contribution < -0.4 is 0 Å². The van der Waals surface area contributed by atoms with Gasteiger partial charge in [0.15, 0.2) is 0 Å². The zero-order valence-electron chi connectivity index (χ0n) is 10.3. The molecule has 0 atom stereocenters. The Hall–Kier alpha value is -0.393. The monoisotopic (exact) mass is 234 g/mol. The highest BCUT2D eigenvalue weighted by Crippen LogP contribution is 2.15. The molecule has 0 saturated carbocycles. The molecule has 0 aliphatic rings. The van der Waals surface area contributed by atoms with E-state index in [0.717, 1.165) is 0 Å². The normalized spacial score (nSPS) is 11.9. The van der Waals surface area contributed by atoms with Crippen LogP contribution in [-0.2, 0) is 18.4 Å². The number of rotatable bonds is 6. The molecule has 0 aromatic carbocycles. The summed E-state index contributed by atoms with van der Waals surface area (Å²) >= 11 is 0. The van der Waals surface area contributed by atoms with E-state index < -0.39 is 14.7 Å². The predicted molar refractivity (Wildman–Crippen MR) is 60.8 cm³/mol. The minimum absolute atomic E-state index is 0.209. The van der Waals surface area contributed by atoms with E-state index in [2.05, 4.69) is 0 Å². The van der Waals surface area contributed by atoms with E-state index in [1.807, 2.05) is 34.6 Å². The SMILES string of the molecule is CCO[SiH](COC(=O)C(C)(C)C)OCC. The second-order valence-corrected chi connectivity index (χ2v) is 6.05. The van der Waals surface area contributed by atoms with Crippen LogP contribution in [-0.4, -0.2) is 34.7 Å². The lowest BCUT2D eigenvalue weighted by Gasteiger charge is -2.19. The molecule has 0 N–H and O–H groups in total. The summed E-state index contributed by atoms with van der Waals surface area (Å²) in [6, 6.07) is 0. The molecule has 0 aliphatic carbocycles. The minimum atomic E-state index is -1.80. The molecule has 0 aromatic rings. The molecular formula is C10H22O4Si. The van der Waals surface area contributed by atoms with Crippen molar-refractivity contribution in [3.8, 4) is 0 Å². The molecule has 0 saturated heterocycles. The number of ether oxygens (including phenoxy) is 1. The quantitative estimate of drug-likeness (QED) is 0.515. The molecule has 4 nitrogen and oxygen atoms in total. The van der Waals surface area contributed by atoms with Crippen molar-refractivity contribution in [2.45, 2.75) is 34.6 Å². The summed E-state index contributed by atoms with van der Waals surface area (Å²) in [5.41, 5.74) is -0.461. The average molecular weight is 234 g/mol. The third-order valence-electron chi connectivity index (χ3n) is 1.67. The standard InChI is InChI=1S/C10H22O4Si/c1-6-13-15(14-7-2)8-12-9(11)10(3,4)5/h15H,6-8H2,1-5H3. The third-order valence-corrected chi connectivity index (χ3v) is 3.52. The van der Waals surface area contributed by atoms with Gasteiger partial charge in [0.1, 0.15) is 6.23 Å². The third kappa shape index (κ3) is 6.65. The molecule has 0 aliphatic heterocycles. The van der Waals surface area contributed by atoms with E-state index in [-0.39, 0.29) is 12.2 Å². The Balaban J connectivity index is 3.93. The maximum atomic E-state index is 11.5. The van der Waals surface area contributed by atoms with Crippen LogP contribution in [0.25, 0.3) is 0 Å².